The van der Waals surface area contributed by atoms with E-state index >= 15 is 0 Å². The summed E-state index contributed by atoms with van der Waals surface area (Å²) in [4.78, 5) is 2.44. The van der Waals surface area contributed by atoms with Gasteiger partial charge in [0.2, 0.25) is 0 Å². The van der Waals surface area contributed by atoms with E-state index in [1.54, 1.807) is 0 Å². The molecule has 1 N–H and O–H groups in total. The van der Waals surface area contributed by atoms with Crippen molar-refractivity contribution in [2.45, 2.75) is 37.3 Å². The summed E-state index contributed by atoms with van der Waals surface area (Å²) in [5, 5.41) is 11.1. The van der Waals surface area contributed by atoms with Crippen molar-refractivity contribution in [2.24, 2.45) is 5.92 Å². The van der Waals surface area contributed by atoms with Crippen LogP contribution in [0.4, 0.5) is 0 Å². The van der Waals surface area contributed by atoms with E-state index in [9.17, 15) is 5.11 Å². The Morgan fingerprint density at radius 1 is 1.24 bits per heavy atom. The molecule has 1 aromatic rings. The topological polar surface area (TPSA) is 23.5 Å². The van der Waals surface area contributed by atoms with E-state index < -0.39 is 5.60 Å². The first-order valence-electron chi connectivity index (χ1n) is 6.70. The van der Waals surface area contributed by atoms with Gasteiger partial charge in [-0.2, -0.15) is 0 Å². The maximum Gasteiger partial charge on any atom is 0.0951 e. The van der Waals surface area contributed by atoms with Crippen LogP contribution in [0, 0.1) is 5.92 Å². The molecule has 0 amide bonds. The highest BCUT2D eigenvalue weighted by atomic mass is 16.3. The zero-order chi connectivity index (χ0) is 11.9. The maximum atomic E-state index is 11.1. The fraction of sp³-hybridized carbons (Fsp3) is 0.600. The molecule has 0 unspecified atom stereocenters. The van der Waals surface area contributed by atoms with Gasteiger partial charge in [-0.3, -0.25) is 0 Å². The van der Waals surface area contributed by atoms with Crippen molar-refractivity contribution >= 4 is 0 Å². The van der Waals surface area contributed by atoms with E-state index in [2.05, 4.69) is 24.1 Å². The van der Waals surface area contributed by atoms with Crippen LogP contribution in [-0.4, -0.2) is 29.6 Å². The molecule has 1 saturated carbocycles. The van der Waals surface area contributed by atoms with Gasteiger partial charge in [-0.15, -0.1) is 0 Å². The highest BCUT2D eigenvalue weighted by Gasteiger charge is 2.49. The number of aliphatic hydroxyl groups is 1. The van der Waals surface area contributed by atoms with E-state index in [1.807, 2.05) is 18.2 Å². The van der Waals surface area contributed by atoms with Crippen LogP contribution in [0.15, 0.2) is 30.3 Å². The Kier molecular flexibility index (Phi) is 2.72. The zero-order valence-electron chi connectivity index (χ0n) is 10.5. The summed E-state index contributed by atoms with van der Waals surface area (Å²) in [6.07, 6.45) is 4.54. The first-order valence-corrected chi connectivity index (χ1v) is 6.70. The number of likely N-dealkylation sites (tertiary alicyclic amines) is 1. The highest BCUT2D eigenvalue weighted by Crippen LogP contribution is 2.47. The summed E-state index contributed by atoms with van der Waals surface area (Å²) in [5.74, 6) is 0.420. The van der Waals surface area contributed by atoms with Crippen LogP contribution < -0.4 is 0 Å². The molecule has 1 aliphatic heterocycles. The standard InChI is InChI=1S/C15H21NO/c1-16-11-10-15(17,12-6-3-2-4-7-12)13-8-5-9-14(13)16/h2-4,6-7,13-14,17H,5,8-11H2,1H3/t13-,14+,15-/m1/s1. The summed E-state index contributed by atoms with van der Waals surface area (Å²) >= 11 is 0. The fourth-order valence-electron chi connectivity index (χ4n) is 3.81. The van der Waals surface area contributed by atoms with Crippen molar-refractivity contribution in [1.82, 2.24) is 4.90 Å². The monoisotopic (exact) mass is 231 g/mol. The largest absolute Gasteiger partial charge is 0.385 e. The summed E-state index contributed by atoms with van der Waals surface area (Å²) in [7, 11) is 2.20. The molecule has 0 spiro atoms. The van der Waals surface area contributed by atoms with Crippen LogP contribution in [0.1, 0.15) is 31.2 Å². The average molecular weight is 231 g/mol. The van der Waals surface area contributed by atoms with Crippen molar-refractivity contribution < 1.29 is 5.11 Å². The number of nitrogens with zero attached hydrogens (tertiary/aromatic N) is 1. The lowest BCUT2D eigenvalue weighted by Gasteiger charge is -2.46. The molecular formula is C15H21NO. The van der Waals surface area contributed by atoms with Crippen LogP contribution in [-0.2, 0) is 5.60 Å². The van der Waals surface area contributed by atoms with E-state index in [-0.39, 0.29) is 0 Å². The van der Waals surface area contributed by atoms with Crippen molar-refractivity contribution in [2.75, 3.05) is 13.6 Å². The Labute approximate surface area is 103 Å². The molecule has 1 aliphatic carbocycles. The van der Waals surface area contributed by atoms with Gasteiger partial charge in [0.25, 0.3) is 0 Å². The molecule has 0 bridgehead atoms. The first kappa shape index (κ1) is 11.2. The number of benzene rings is 1. The molecule has 1 heterocycles. The number of hydrogen-bond acceptors (Lipinski definition) is 2. The highest BCUT2D eigenvalue weighted by molar-refractivity contribution is 5.25. The molecule has 17 heavy (non-hydrogen) atoms. The lowest BCUT2D eigenvalue weighted by Crippen LogP contribution is -2.52. The Hall–Kier alpha value is -0.860. The van der Waals surface area contributed by atoms with Crippen molar-refractivity contribution in [3.63, 3.8) is 0 Å². The summed E-state index contributed by atoms with van der Waals surface area (Å²) < 4.78 is 0. The van der Waals surface area contributed by atoms with Gasteiger partial charge in [0.05, 0.1) is 5.60 Å². The normalized spacial score (nSPS) is 38.0. The molecule has 0 radical (unpaired) electrons. The molecule has 3 rings (SSSR count). The maximum absolute atomic E-state index is 11.1. The third-order valence-electron chi connectivity index (χ3n) is 4.78. The molecule has 92 valence electrons. The SMILES string of the molecule is CN1CC[C@@](O)(c2ccccc2)[C@@H]2CCC[C@@H]21. The van der Waals surface area contributed by atoms with Crippen LogP contribution in [0.3, 0.4) is 0 Å². The van der Waals surface area contributed by atoms with Crippen LogP contribution in [0.25, 0.3) is 0 Å². The van der Waals surface area contributed by atoms with Gasteiger partial charge in [0, 0.05) is 18.5 Å². The Bertz CT molecular complexity index is 391. The van der Waals surface area contributed by atoms with Gasteiger partial charge in [-0.1, -0.05) is 36.8 Å². The Morgan fingerprint density at radius 2 is 2.00 bits per heavy atom. The molecule has 2 heteroatoms. The quantitative estimate of drug-likeness (QED) is 0.802. The van der Waals surface area contributed by atoms with E-state index in [0.29, 0.717) is 12.0 Å². The molecule has 3 atom stereocenters. The number of hydrogen-bond donors (Lipinski definition) is 1. The molecule has 1 aromatic carbocycles. The molecule has 2 fully saturated rings. The van der Waals surface area contributed by atoms with Gasteiger partial charge >= 0.3 is 0 Å². The van der Waals surface area contributed by atoms with E-state index in [0.717, 1.165) is 18.5 Å². The first-order chi connectivity index (χ1) is 8.22. The third-order valence-corrected chi connectivity index (χ3v) is 4.78. The van der Waals surface area contributed by atoms with Gasteiger partial charge in [0.1, 0.15) is 0 Å². The van der Waals surface area contributed by atoms with Gasteiger partial charge in [-0.05, 0) is 31.9 Å². The van der Waals surface area contributed by atoms with E-state index in [1.165, 1.54) is 19.3 Å². The summed E-state index contributed by atoms with van der Waals surface area (Å²) in [6, 6.07) is 10.8. The number of fused-ring (bicyclic) bond motifs is 1. The molecule has 1 saturated heterocycles. The number of rotatable bonds is 1. The lowest BCUT2D eigenvalue weighted by molar-refractivity contribution is -0.0901. The second-order valence-corrected chi connectivity index (χ2v) is 5.63. The second-order valence-electron chi connectivity index (χ2n) is 5.63. The van der Waals surface area contributed by atoms with Crippen molar-refractivity contribution in [3.8, 4) is 0 Å². The van der Waals surface area contributed by atoms with Crippen molar-refractivity contribution in [1.29, 1.82) is 0 Å². The molecule has 2 nitrogen and oxygen atoms in total. The minimum Gasteiger partial charge on any atom is -0.385 e. The summed E-state index contributed by atoms with van der Waals surface area (Å²) in [6.45, 7) is 1.01. The zero-order valence-corrected chi connectivity index (χ0v) is 10.5. The Balaban J connectivity index is 1.97. The third kappa shape index (κ3) is 1.71. The fourth-order valence-corrected chi connectivity index (χ4v) is 3.81. The predicted molar refractivity (Wildman–Crippen MR) is 68.7 cm³/mol. The predicted octanol–water partition coefficient (Wildman–Crippen LogP) is 2.38. The Morgan fingerprint density at radius 3 is 2.76 bits per heavy atom. The second kappa shape index (κ2) is 4.11. The van der Waals surface area contributed by atoms with E-state index in [4.69, 9.17) is 0 Å². The average Bonchev–Trinajstić information content (AvgIpc) is 2.86. The van der Waals surface area contributed by atoms with Gasteiger partial charge in [0.15, 0.2) is 0 Å². The van der Waals surface area contributed by atoms with Crippen molar-refractivity contribution in [3.05, 3.63) is 35.9 Å². The van der Waals surface area contributed by atoms with Crippen LogP contribution in [0.2, 0.25) is 0 Å². The van der Waals surface area contributed by atoms with Gasteiger partial charge in [-0.25, -0.2) is 0 Å². The lowest BCUT2D eigenvalue weighted by atomic mass is 9.73. The molecule has 0 aromatic heterocycles. The summed E-state index contributed by atoms with van der Waals surface area (Å²) in [5.41, 5.74) is 0.527. The number of piperidine rings is 1. The van der Waals surface area contributed by atoms with Crippen LogP contribution in [0.5, 0.6) is 0 Å². The minimum absolute atomic E-state index is 0.420. The smallest absolute Gasteiger partial charge is 0.0951 e. The molecular weight excluding hydrogens is 210 g/mol. The molecule has 2 aliphatic rings. The van der Waals surface area contributed by atoms with Crippen LogP contribution >= 0.6 is 0 Å². The van der Waals surface area contributed by atoms with Gasteiger partial charge < -0.3 is 10.0 Å². The minimum atomic E-state index is -0.588.